The summed E-state index contributed by atoms with van der Waals surface area (Å²) < 4.78 is 0. The number of rotatable bonds is 23. The second kappa shape index (κ2) is 25.2. The number of hydrogen-bond acceptors (Lipinski definition) is 2. The number of unbranched alkanes of at least 4 members (excludes halogenated alkanes) is 10. The fourth-order valence-electron chi connectivity index (χ4n) is 5.77. The molecule has 0 aliphatic carbocycles. The zero-order chi connectivity index (χ0) is 31.1. The SMILES string of the molecule is CCCCCC=CC(=Nc1cc(CCCCC)cc(CCCCC)c1)C(CCCCCC)=Nc1ccc(CC)c(CC)c1.[Ni]. The van der Waals surface area contributed by atoms with Gasteiger partial charge in [0.2, 0.25) is 0 Å². The zero-order valence-electron chi connectivity index (χ0n) is 29.3. The Kier molecular flexibility index (Phi) is 23.0. The average molecular weight is 644 g/mol. The van der Waals surface area contributed by atoms with E-state index in [0.717, 1.165) is 67.7 Å². The minimum absolute atomic E-state index is 0. The Morgan fingerprint density at radius 2 is 1.16 bits per heavy atom. The first-order valence-electron chi connectivity index (χ1n) is 18.2. The molecule has 0 aliphatic rings. The van der Waals surface area contributed by atoms with Crippen molar-refractivity contribution in [1.29, 1.82) is 0 Å². The molecule has 0 heterocycles. The van der Waals surface area contributed by atoms with Gasteiger partial charge in [-0.1, -0.05) is 118 Å². The number of hydrogen-bond donors (Lipinski definition) is 0. The van der Waals surface area contributed by atoms with Crippen LogP contribution in [0.4, 0.5) is 11.4 Å². The van der Waals surface area contributed by atoms with Crippen molar-refractivity contribution in [3.05, 3.63) is 70.8 Å². The van der Waals surface area contributed by atoms with Crippen LogP contribution in [0, 0.1) is 0 Å². The molecule has 0 atom stereocenters. The van der Waals surface area contributed by atoms with E-state index in [1.54, 1.807) is 0 Å². The fraction of sp³-hybridized carbons (Fsp3) is 0.610. The summed E-state index contributed by atoms with van der Waals surface area (Å²) in [6.45, 7) is 13.6. The van der Waals surface area contributed by atoms with Crippen molar-refractivity contribution in [2.75, 3.05) is 0 Å². The maximum atomic E-state index is 5.42. The summed E-state index contributed by atoms with van der Waals surface area (Å²) in [5, 5.41) is 0. The molecule has 0 bridgehead atoms. The monoisotopic (exact) mass is 642 g/mol. The fourth-order valence-corrected chi connectivity index (χ4v) is 5.77. The molecule has 0 fully saturated rings. The molecule has 0 amide bonds. The van der Waals surface area contributed by atoms with Gasteiger partial charge >= 0.3 is 0 Å². The largest absolute Gasteiger partial charge is 0.251 e. The van der Waals surface area contributed by atoms with E-state index >= 15 is 0 Å². The van der Waals surface area contributed by atoms with Gasteiger partial charge in [0.25, 0.3) is 0 Å². The van der Waals surface area contributed by atoms with Crippen LogP contribution < -0.4 is 0 Å². The third-order valence-electron chi connectivity index (χ3n) is 8.45. The van der Waals surface area contributed by atoms with Gasteiger partial charge in [-0.3, -0.25) is 4.99 Å². The minimum atomic E-state index is 0. The van der Waals surface area contributed by atoms with Gasteiger partial charge in [-0.05, 0) is 117 Å². The van der Waals surface area contributed by atoms with Crippen LogP contribution in [0.1, 0.15) is 160 Å². The second-order valence-electron chi connectivity index (χ2n) is 12.3. The van der Waals surface area contributed by atoms with Crippen molar-refractivity contribution in [1.82, 2.24) is 0 Å². The molecule has 0 spiro atoms. The van der Waals surface area contributed by atoms with Crippen LogP contribution >= 0.6 is 0 Å². The molecule has 2 nitrogen and oxygen atoms in total. The summed E-state index contributed by atoms with van der Waals surface area (Å²) in [6, 6.07) is 14.0. The van der Waals surface area contributed by atoms with Crippen LogP contribution in [0.3, 0.4) is 0 Å². The second-order valence-corrected chi connectivity index (χ2v) is 12.3. The third-order valence-corrected chi connectivity index (χ3v) is 8.45. The van der Waals surface area contributed by atoms with Crippen molar-refractivity contribution < 1.29 is 16.5 Å². The van der Waals surface area contributed by atoms with Gasteiger partial charge in [-0.2, -0.15) is 0 Å². The normalized spacial score (nSPS) is 12.2. The molecule has 2 aromatic rings. The van der Waals surface area contributed by atoms with Crippen molar-refractivity contribution in [3.63, 3.8) is 0 Å². The average Bonchev–Trinajstić information content (AvgIpc) is 3.02. The number of allylic oxidation sites excluding steroid dienone is 2. The molecule has 0 radical (unpaired) electrons. The van der Waals surface area contributed by atoms with E-state index in [4.69, 9.17) is 9.98 Å². The van der Waals surface area contributed by atoms with Crippen LogP contribution in [-0.4, -0.2) is 11.4 Å². The smallest absolute Gasteiger partial charge is 0.0848 e. The quantitative estimate of drug-likeness (QED) is 0.0654. The first-order chi connectivity index (χ1) is 21.1. The van der Waals surface area contributed by atoms with E-state index in [1.807, 2.05) is 0 Å². The number of aryl methyl sites for hydroxylation is 4. The maximum Gasteiger partial charge on any atom is 0.0848 e. The molecule has 0 aromatic heterocycles. The molecule has 2 aromatic carbocycles. The summed E-state index contributed by atoms with van der Waals surface area (Å²) in [7, 11) is 0. The molecule has 44 heavy (non-hydrogen) atoms. The molecule has 0 saturated heterocycles. The van der Waals surface area contributed by atoms with E-state index in [2.05, 4.69) is 90.1 Å². The molecule has 2 rings (SSSR count). The Balaban J connectivity index is 0.00000968. The van der Waals surface area contributed by atoms with Crippen molar-refractivity contribution in [2.45, 2.75) is 164 Å². The number of aliphatic imine (C=N–C) groups is 2. The topological polar surface area (TPSA) is 24.7 Å². The van der Waals surface area contributed by atoms with E-state index in [9.17, 15) is 0 Å². The zero-order valence-corrected chi connectivity index (χ0v) is 30.3. The van der Waals surface area contributed by atoms with Crippen LogP contribution in [0.2, 0.25) is 0 Å². The summed E-state index contributed by atoms with van der Waals surface area (Å²) in [5.41, 5.74) is 10.1. The Labute approximate surface area is 282 Å². The third kappa shape index (κ3) is 15.8. The molecule has 0 saturated carbocycles. The van der Waals surface area contributed by atoms with Crippen LogP contribution in [-0.2, 0) is 42.2 Å². The first-order valence-corrected chi connectivity index (χ1v) is 18.2. The molecular formula is C41H64N2Ni. The van der Waals surface area contributed by atoms with Gasteiger partial charge in [0.15, 0.2) is 0 Å². The number of benzene rings is 2. The summed E-state index contributed by atoms with van der Waals surface area (Å²) >= 11 is 0. The predicted molar refractivity (Wildman–Crippen MR) is 194 cm³/mol. The van der Waals surface area contributed by atoms with Gasteiger partial charge in [0.1, 0.15) is 0 Å². The summed E-state index contributed by atoms with van der Waals surface area (Å²) in [5.74, 6) is 0. The van der Waals surface area contributed by atoms with Crippen molar-refractivity contribution in [2.24, 2.45) is 9.98 Å². The van der Waals surface area contributed by atoms with Crippen LogP contribution in [0.15, 0.2) is 58.5 Å². The summed E-state index contributed by atoms with van der Waals surface area (Å²) in [6.07, 6.45) is 27.4. The van der Waals surface area contributed by atoms with E-state index < -0.39 is 0 Å². The molecule has 3 heteroatoms. The van der Waals surface area contributed by atoms with Gasteiger partial charge < -0.3 is 0 Å². The Morgan fingerprint density at radius 1 is 0.568 bits per heavy atom. The van der Waals surface area contributed by atoms with E-state index in [0.29, 0.717) is 0 Å². The van der Waals surface area contributed by atoms with Crippen LogP contribution in [0.5, 0.6) is 0 Å². The first kappa shape index (κ1) is 40.0. The van der Waals surface area contributed by atoms with Gasteiger partial charge in [0.05, 0.1) is 22.8 Å². The Bertz CT molecular complexity index is 1100. The molecule has 248 valence electrons. The van der Waals surface area contributed by atoms with Gasteiger partial charge in [-0.15, -0.1) is 0 Å². The molecular weight excluding hydrogens is 579 g/mol. The summed E-state index contributed by atoms with van der Waals surface area (Å²) in [4.78, 5) is 10.8. The predicted octanol–water partition coefficient (Wildman–Crippen LogP) is 13.2. The standard InChI is InChI=1S/C41H64N2.Ni/c1-7-13-17-19-23-27-41(43-39-31-34(24-20-15-9-3)30-35(32-39)25-21-16-10-4)40(26-22-18-14-8-2)42-38-29-28-36(11-5)37(12-6)33-38;/h23,27-33H,7-22,24-26H2,1-6H3;. The van der Waals surface area contributed by atoms with Crippen LogP contribution in [0.25, 0.3) is 0 Å². The van der Waals surface area contributed by atoms with Gasteiger partial charge in [0, 0.05) is 16.5 Å². The Hall–Kier alpha value is -1.99. The molecule has 0 unspecified atom stereocenters. The minimum Gasteiger partial charge on any atom is -0.251 e. The van der Waals surface area contributed by atoms with E-state index in [1.165, 1.54) is 99.3 Å². The number of nitrogens with zero attached hydrogens (tertiary/aromatic N) is 2. The maximum absolute atomic E-state index is 5.42. The van der Waals surface area contributed by atoms with Crippen molar-refractivity contribution in [3.8, 4) is 0 Å². The van der Waals surface area contributed by atoms with E-state index in [-0.39, 0.29) is 16.5 Å². The molecule has 0 N–H and O–H groups in total. The molecule has 0 aliphatic heterocycles. The Morgan fingerprint density at radius 3 is 1.75 bits per heavy atom. The van der Waals surface area contributed by atoms with Gasteiger partial charge in [-0.25, -0.2) is 4.99 Å². The van der Waals surface area contributed by atoms with Crippen molar-refractivity contribution >= 4 is 22.8 Å².